The third kappa shape index (κ3) is 7.15. The van der Waals surface area contributed by atoms with Gasteiger partial charge in [-0.3, -0.25) is 0 Å². The zero-order valence-electron chi connectivity index (χ0n) is 17.6. The number of ether oxygens (including phenoxy) is 2. The van der Waals surface area contributed by atoms with Crippen LogP contribution in [0.1, 0.15) is 30.5 Å². The number of aliphatic hydroxyl groups excluding tert-OH is 1. The molecule has 0 aliphatic carbocycles. The molecular formula is C23H34N2O3. The number of hydrogen-bond acceptors (Lipinski definition) is 5. The van der Waals surface area contributed by atoms with E-state index in [0.717, 1.165) is 31.7 Å². The Labute approximate surface area is 169 Å². The number of methoxy groups -OCH3 is 1. The summed E-state index contributed by atoms with van der Waals surface area (Å²) in [5, 5.41) is 13.6. The van der Waals surface area contributed by atoms with E-state index < -0.39 is 6.10 Å². The Balaban J connectivity index is 1.85. The first kappa shape index (κ1) is 22.2. The van der Waals surface area contributed by atoms with Crippen LogP contribution in [0.2, 0.25) is 0 Å². The van der Waals surface area contributed by atoms with E-state index in [1.807, 2.05) is 18.2 Å². The molecule has 28 heavy (non-hydrogen) atoms. The number of nitrogens with zero attached hydrogens (tertiary/aromatic N) is 1. The summed E-state index contributed by atoms with van der Waals surface area (Å²) in [5.74, 6) is 1.34. The second kappa shape index (κ2) is 11.7. The summed E-state index contributed by atoms with van der Waals surface area (Å²) in [6.45, 7) is 10.5. The molecule has 2 rings (SSSR count). The smallest absolute Gasteiger partial charge is 0.161 e. The lowest BCUT2D eigenvalue weighted by Crippen LogP contribution is -2.35. The van der Waals surface area contributed by atoms with Gasteiger partial charge in [0.1, 0.15) is 12.7 Å². The molecule has 5 heteroatoms. The van der Waals surface area contributed by atoms with Crippen LogP contribution in [-0.2, 0) is 13.1 Å². The van der Waals surface area contributed by atoms with Crippen molar-refractivity contribution in [1.82, 2.24) is 10.2 Å². The summed E-state index contributed by atoms with van der Waals surface area (Å²) in [6, 6.07) is 14.4. The molecule has 2 N–H and O–H groups in total. The van der Waals surface area contributed by atoms with E-state index >= 15 is 0 Å². The SMILES string of the molecule is CCN(CC)C[C@@H](O)COc1ccc(CNCc2ccc(C)cc2)cc1OC. The lowest BCUT2D eigenvalue weighted by Gasteiger charge is -2.22. The molecule has 0 bridgehead atoms. The average Bonchev–Trinajstić information content (AvgIpc) is 2.72. The number of aryl methyl sites for hydroxylation is 1. The zero-order valence-corrected chi connectivity index (χ0v) is 17.6. The second-order valence-electron chi connectivity index (χ2n) is 7.03. The van der Waals surface area contributed by atoms with Crippen molar-refractivity contribution >= 4 is 0 Å². The number of nitrogens with one attached hydrogen (secondary N) is 1. The fourth-order valence-electron chi connectivity index (χ4n) is 3.02. The molecule has 2 aromatic carbocycles. The number of hydrogen-bond donors (Lipinski definition) is 2. The van der Waals surface area contributed by atoms with Crippen LogP contribution in [0.4, 0.5) is 0 Å². The first-order valence-electron chi connectivity index (χ1n) is 10.0. The van der Waals surface area contributed by atoms with Gasteiger partial charge in [0.25, 0.3) is 0 Å². The predicted octanol–water partition coefficient (Wildman–Crippen LogP) is 3.37. The second-order valence-corrected chi connectivity index (χ2v) is 7.03. The monoisotopic (exact) mass is 386 g/mol. The van der Waals surface area contributed by atoms with Crippen LogP contribution in [0.15, 0.2) is 42.5 Å². The number of aliphatic hydroxyl groups is 1. The summed E-state index contributed by atoms with van der Waals surface area (Å²) in [6.07, 6.45) is -0.527. The maximum atomic E-state index is 10.2. The molecule has 0 fully saturated rings. The highest BCUT2D eigenvalue weighted by Gasteiger charge is 2.12. The molecule has 0 aliphatic rings. The zero-order chi connectivity index (χ0) is 20.4. The fourth-order valence-corrected chi connectivity index (χ4v) is 3.02. The molecule has 0 heterocycles. The predicted molar refractivity (Wildman–Crippen MR) is 114 cm³/mol. The molecule has 154 valence electrons. The standard InChI is InChI=1S/C23H34N2O3/c1-5-25(6-2)16-21(26)17-28-22-12-11-20(13-23(22)27-4)15-24-14-19-9-7-18(3)8-10-19/h7-13,21,24,26H,5-6,14-17H2,1-4H3/t21-/m1/s1. The summed E-state index contributed by atoms with van der Waals surface area (Å²) >= 11 is 0. The molecule has 0 radical (unpaired) electrons. The minimum absolute atomic E-state index is 0.248. The maximum absolute atomic E-state index is 10.2. The molecule has 0 saturated heterocycles. The molecular weight excluding hydrogens is 352 g/mol. The van der Waals surface area contributed by atoms with Gasteiger partial charge in [0.15, 0.2) is 11.5 Å². The molecule has 0 spiro atoms. The average molecular weight is 387 g/mol. The molecule has 0 aromatic heterocycles. The molecule has 5 nitrogen and oxygen atoms in total. The Morgan fingerprint density at radius 1 is 0.964 bits per heavy atom. The van der Waals surface area contributed by atoms with Crippen molar-refractivity contribution in [2.45, 2.75) is 40.0 Å². The largest absolute Gasteiger partial charge is 0.493 e. The van der Waals surface area contributed by atoms with Crippen molar-refractivity contribution < 1.29 is 14.6 Å². The highest BCUT2D eigenvalue weighted by atomic mass is 16.5. The van der Waals surface area contributed by atoms with Gasteiger partial charge in [0, 0.05) is 19.6 Å². The van der Waals surface area contributed by atoms with Crippen LogP contribution in [0.3, 0.4) is 0 Å². The Hall–Kier alpha value is -2.08. The summed E-state index contributed by atoms with van der Waals surface area (Å²) in [5.41, 5.74) is 3.66. The first-order chi connectivity index (χ1) is 13.5. The lowest BCUT2D eigenvalue weighted by atomic mass is 10.1. The number of benzene rings is 2. The van der Waals surface area contributed by atoms with Gasteiger partial charge in [-0.05, 0) is 43.3 Å². The van der Waals surface area contributed by atoms with Gasteiger partial charge in [0.2, 0.25) is 0 Å². The van der Waals surface area contributed by atoms with Crippen LogP contribution in [-0.4, -0.2) is 49.5 Å². The van der Waals surface area contributed by atoms with E-state index in [1.54, 1.807) is 7.11 Å². The van der Waals surface area contributed by atoms with E-state index in [4.69, 9.17) is 9.47 Å². The van der Waals surface area contributed by atoms with Crippen LogP contribution >= 0.6 is 0 Å². The minimum Gasteiger partial charge on any atom is -0.493 e. The van der Waals surface area contributed by atoms with Gasteiger partial charge in [-0.2, -0.15) is 0 Å². The Bertz CT molecular complexity index is 699. The van der Waals surface area contributed by atoms with Crippen LogP contribution in [0.5, 0.6) is 11.5 Å². The Morgan fingerprint density at radius 2 is 1.61 bits per heavy atom. The first-order valence-corrected chi connectivity index (χ1v) is 10.0. The van der Waals surface area contributed by atoms with Crippen molar-refractivity contribution in [3.8, 4) is 11.5 Å². The Kier molecular flexibility index (Phi) is 9.28. The quantitative estimate of drug-likeness (QED) is 0.586. The fraction of sp³-hybridized carbons (Fsp3) is 0.478. The van der Waals surface area contributed by atoms with Crippen LogP contribution in [0, 0.1) is 6.92 Å². The molecule has 1 atom stereocenters. The van der Waals surface area contributed by atoms with Gasteiger partial charge in [-0.25, -0.2) is 0 Å². The normalized spacial score (nSPS) is 12.2. The van der Waals surface area contributed by atoms with Crippen LogP contribution in [0.25, 0.3) is 0 Å². The third-order valence-corrected chi connectivity index (χ3v) is 4.80. The maximum Gasteiger partial charge on any atom is 0.161 e. The number of rotatable bonds is 12. The number of likely N-dealkylation sites (N-methyl/N-ethyl adjacent to an activating group) is 1. The lowest BCUT2D eigenvalue weighted by molar-refractivity contribution is 0.0705. The van der Waals surface area contributed by atoms with Gasteiger partial charge >= 0.3 is 0 Å². The van der Waals surface area contributed by atoms with E-state index in [2.05, 4.69) is 55.3 Å². The highest BCUT2D eigenvalue weighted by molar-refractivity contribution is 5.43. The minimum atomic E-state index is -0.527. The molecule has 0 aliphatic heterocycles. The topological polar surface area (TPSA) is 54.0 Å². The van der Waals surface area contributed by atoms with Gasteiger partial charge in [-0.1, -0.05) is 49.7 Å². The van der Waals surface area contributed by atoms with Crippen molar-refractivity contribution in [2.24, 2.45) is 0 Å². The van der Waals surface area contributed by atoms with Crippen molar-refractivity contribution in [3.05, 3.63) is 59.2 Å². The van der Waals surface area contributed by atoms with E-state index in [1.165, 1.54) is 11.1 Å². The highest BCUT2D eigenvalue weighted by Crippen LogP contribution is 2.28. The van der Waals surface area contributed by atoms with Crippen molar-refractivity contribution in [1.29, 1.82) is 0 Å². The van der Waals surface area contributed by atoms with Crippen molar-refractivity contribution in [3.63, 3.8) is 0 Å². The molecule has 0 amide bonds. The van der Waals surface area contributed by atoms with Crippen molar-refractivity contribution in [2.75, 3.05) is 33.4 Å². The van der Waals surface area contributed by atoms with Gasteiger partial charge in [0.05, 0.1) is 7.11 Å². The van der Waals surface area contributed by atoms with E-state index in [0.29, 0.717) is 18.0 Å². The molecule has 2 aromatic rings. The van der Waals surface area contributed by atoms with E-state index in [9.17, 15) is 5.11 Å². The van der Waals surface area contributed by atoms with Gasteiger partial charge < -0.3 is 24.8 Å². The summed E-state index contributed by atoms with van der Waals surface area (Å²) in [4.78, 5) is 2.17. The Morgan fingerprint density at radius 3 is 2.25 bits per heavy atom. The summed E-state index contributed by atoms with van der Waals surface area (Å²) < 4.78 is 11.3. The van der Waals surface area contributed by atoms with Gasteiger partial charge in [-0.15, -0.1) is 0 Å². The third-order valence-electron chi connectivity index (χ3n) is 4.80. The van der Waals surface area contributed by atoms with E-state index in [-0.39, 0.29) is 6.61 Å². The summed E-state index contributed by atoms with van der Waals surface area (Å²) in [7, 11) is 1.64. The molecule has 0 saturated carbocycles. The van der Waals surface area contributed by atoms with Crippen LogP contribution < -0.4 is 14.8 Å². The molecule has 0 unspecified atom stereocenters.